The highest BCUT2D eigenvalue weighted by molar-refractivity contribution is 5.46. The molecule has 0 aliphatic carbocycles. The first-order chi connectivity index (χ1) is 10.2. The lowest BCUT2D eigenvalue weighted by atomic mass is 9.98. The van der Waals surface area contributed by atoms with Crippen LogP contribution in [-0.4, -0.2) is 38.6 Å². The summed E-state index contributed by atoms with van der Waals surface area (Å²) < 4.78 is 0. The predicted molar refractivity (Wildman–Crippen MR) is 91.8 cm³/mol. The van der Waals surface area contributed by atoms with Crippen LogP contribution in [0.3, 0.4) is 0 Å². The summed E-state index contributed by atoms with van der Waals surface area (Å²) in [4.78, 5) is 4.74. The molecule has 1 aromatic rings. The van der Waals surface area contributed by atoms with Crippen molar-refractivity contribution in [2.45, 2.75) is 38.6 Å². The van der Waals surface area contributed by atoms with Crippen LogP contribution in [0.25, 0.3) is 0 Å². The minimum Gasteiger partial charge on any atom is -0.378 e. The van der Waals surface area contributed by atoms with Crippen molar-refractivity contribution in [1.29, 1.82) is 0 Å². The molecule has 2 atom stereocenters. The Hall–Kier alpha value is -1.06. The van der Waals surface area contributed by atoms with Gasteiger partial charge >= 0.3 is 0 Å². The summed E-state index contributed by atoms with van der Waals surface area (Å²) in [6.07, 6.45) is 5.33. The molecule has 2 unspecified atom stereocenters. The molecule has 118 valence electrons. The van der Waals surface area contributed by atoms with Gasteiger partial charge in [-0.15, -0.1) is 0 Å². The Labute approximate surface area is 130 Å². The number of hydrogen-bond acceptors (Lipinski definition) is 3. The molecule has 21 heavy (non-hydrogen) atoms. The van der Waals surface area contributed by atoms with Crippen LogP contribution in [0.15, 0.2) is 24.3 Å². The summed E-state index contributed by atoms with van der Waals surface area (Å²) in [6.45, 7) is 5.41. The second kappa shape index (κ2) is 7.81. The van der Waals surface area contributed by atoms with Crippen LogP contribution >= 0.6 is 0 Å². The smallest absolute Gasteiger partial charge is 0.0470 e. The summed E-state index contributed by atoms with van der Waals surface area (Å²) in [7, 11) is 4.16. The fourth-order valence-electron chi connectivity index (χ4n) is 3.40. The molecule has 1 heterocycles. The lowest BCUT2D eigenvalue weighted by Gasteiger charge is -2.30. The normalized spacial score (nSPS) is 21.8. The van der Waals surface area contributed by atoms with E-state index < -0.39 is 0 Å². The van der Waals surface area contributed by atoms with E-state index in [1.54, 1.807) is 0 Å². The molecule has 3 nitrogen and oxygen atoms in total. The molecule has 1 aromatic carbocycles. The van der Waals surface area contributed by atoms with Crippen molar-refractivity contribution in [3.8, 4) is 0 Å². The molecule has 0 aromatic heterocycles. The van der Waals surface area contributed by atoms with Gasteiger partial charge < -0.3 is 10.6 Å². The molecule has 0 amide bonds. The first-order valence-electron chi connectivity index (χ1n) is 8.37. The van der Waals surface area contributed by atoms with E-state index in [1.807, 2.05) is 0 Å². The topological polar surface area (TPSA) is 32.5 Å². The van der Waals surface area contributed by atoms with Crippen LogP contribution < -0.4 is 10.6 Å². The van der Waals surface area contributed by atoms with E-state index in [-0.39, 0.29) is 0 Å². The van der Waals surface area contributed by atoms with Gasteiger partial charge in [0.25, 0.3) is 0 Å². The Morgan fingerprint density at radius 3 is 2.48 bits per heavy atom. The van der Waals surface area contributed by atoms with Gasteiger partial charge in [-0.05, 0) is 56.0 Å². The van der Waals surface area contributed by atoms with Gasteiger partial charge in [-0.2, -0.15) is 0 Å². The van der Waals surface area contributed by atoms with E-state index in [1.165, 1.54) is 50.0 Å². The molecule has 1 aliphatic rings. The number of rotatable bonds is 5. The second-order valence-electron chi connectivity index (χ2n) is 6.48. The number of nitrogens with two attached hydrogens (primary N) is 1. The lowest BCUT2D eigenvalue weighted by Crippen LogP contribution is -2.34. The minimum absolute atomic E-state index is 0.372. The van der Waals surface area contributed by atoms with E-state index in [4.69, 9.17) is 5.73 Å². The molecule has 2 N–H and O–H groups in total. The molecule has 1 fully saturated rings. The van der Waals surface area contributed by atoms with Gasteiger partial charge in [-0.25, -0.2) is 0 Å². The molecular weight excluding hydrogens is 258 g/mol. The van der Waals surface area contributed by atoms with Crippen LogP contribution in [0, 0.1) is 5.92 Å². The quantitative estimate of drug-likeness (QED) is 0.903. The molecule has 1 saturated heterocycles. The SMILES string of the molecule is CCC1CCCN(C(CN)c2ccc(N(C)C)cc2)CC1. The van der Waals surface area contributed by atoms with Gasteiger partial charge in [0.2, 0.25) is 0 Å². The predicted octanol–water partition coefficient (Wildman–Crippen LogP) is 3.26. The fourth-order valence-corrected chi connectivity index (χ4v) is 3.40. The van der Waals surface area contributed by atoms with E-state index in [0.717, 1.165) is 5.92 Å². The summed E-state index contributed by atoms with van der Waals surface area (Å²) in [6, 6.07) is 9.26. The van der Waals surface area contributed by atoms with Crippen molar-refractivity contribution in [1.82, 2.24) is 4.90 Å². The molecule has 0 bridgehead atoms. The Balaban J connectivity index is 2.07. The first kappa shape index (κ1) is 16.3. The van der Waals surface area contributed by atoms with Crippen LogP contribution in [0.2, 0.25) is 0 Å². The van der Waals surface area contributed by atoms with Crippen molar-refractivity contribution in [2.24, 2.45) is 11.7 Å². The number of nitrogens with zero attached hydrogens (tertiary/aromatic N) is 2. The lowest BCUT2D eigenvalue weighted by molar-refractivity contribution is 0.207. The van der Waals surface area contributed by atoms with Crippen LogP contribution in [-0.2, 0) is 0 Å². The Morgan fingerprint density at radius 2 is 1.90 bits per heavy atom. The van der Waals surface area contributed by atoms with Gasteiger partial charge in [-0.3, -0.25) is 4.90 Å². The first-order valence-corrected chi connectivity index (χ1v) is 8.37. The van der Waals surface area contributed by atoms with E-state index in [2.05, 4.69) is 55.1 Å². The highest BCUT2D eigenvalue weighted by atomic mass is 15.2. The zero-order valence-corrected chi connectivity index (χ0v) is 13.9. The monoisotopic (exact) mass is 289 g/mol. The van der Waals surface area contributed by atoms with Crippen LogP contribution in [0.1, 0.15) is 44.2 Å². The van der Waals surface area contributed by atoms with Crippen molar-refractivity contribution in [3.63, 3.8) is 0 Å². The number of anilines is 1. The fraction of sp³-hybridized carbons (Fsp3) is 0.667. The number of hydrogen-bond donors (Lipinski definition) is 1. The van der Waals surface area contributed by atoms with E-state index >= 15 is 0 Å². The van der Waals surface area contributed by atoms with Crippen molar-refractivity contribution in [3.05, 3.63) is 29.8 Å². The van der Waals surface area contributed by atoms with Gasteiger partial charge in [0, 0.05) is 32.4 Å². The average molecular weight is 289 g/mol. The maximum absolute atomic E-state index is 6.10. The second-order valence-corrected chi connectivity index (χ2v) is 6.48. The highest BCUT2D eigenvalue weighted by Crippen LogP contribution is 2.27. The molecule has 1 aliphatic heterocycles. The summed E-state index contributed by atoms with van der Waals surface area (Å²) >= 11 is 0. The Morgan fingerprint density at radius 1 is 1.19 bits per heavy atom. The van der Waals surface area contributed by atoms with Gasteiger partial charge in [-0.1, -0.05) is 25.5 Å². The zero-order chi connectivity index (χ0) is 15.2. The third-order valence-electron chi connectivity index (χ3n) is 4.92. The maximum atomic E-state index is 6.10. The molecular formula is C18H31N3. The number of benzene rings is 1. The van der Waals surface area contributed by atoms with Crippen molar-refractivity contribution >= 4 is 5.69 Å². The maximum Gasteiger partial charge on any atom is 0.0470 e. The zero-order valence-electron chi connectivity index (χ0n) is 13.9. The minimum atomic E-state index is 0.372. The third-order valence-corrected chi connectivity index (χ3v) is 4.92. The van der Waals surface area contributed by atoms with Crippen molar-refractivity contribution < 1.29 is 0 Å². The average Bonchev–Trinajstić information content (AvgIpc) is 2.74. The van der Waals surface area contributed by atoms with Crippen LogP contribution in [0.5, 0.6) is 0 Å². The largest absolute Gasteiger partial charge is 0.378 e. The summed E-state index contributed by atoms with van der Waals surface area (Å²) in [5.74, 6) is 0.907. The number of likely N-dealkylation sites (tertiary alicyclic amines) is 1. The van der Waals surface area contributed by atoms with Gasteiger partial charge in [0.05, 0.1) is 0 Å². The van der Waals surface area contributed by atoms with E-state index in [9.17, 15) is 0 Å². The molecule has 0 spiro atoms. The molecule has 3 heteroatoms. The molecule has 0 radical (unpaired) electrons. The van der Waals surface area contributed by atoms with E-state index in [0.29, 0.717) is 12.6 Å². The Kier molecular flexibility index (Phi) is 6.07. The standard InChI is InChI=1S/C18H31N3/c1-4-15-6-5-12-21(13-11-15)18(14-19)16-7-9-17(10-8-16)20(2)3/h7-10,15,18H,4-6,11-14,19H2,1-3H3. The third kappa shape index (κ3) is 4.21. The molecule has 0 saturated carbocycles. The van der Waals surface area contributed by atoms with Crippen LogP contribution in [0.4, 0.5) is 5.69 Å². The summed E-state index contributed by atoms with van der Waals surface area (Å²) in [5.41, 5.74) is 8.71. The van der Waals surface area contributed by atoms with Gasteiger partial charge in [0.15, 0.2) is 0 Å². The van der Waals surface area contributed by atoms with Gasteiger partial charge in [0.1, 0.15) is 0 Å². The van der Waals surface area contributed by atoms with Crippen molar-refractivity contribution in [2.75, 3.05) is 38.6 Å². The Bertz CT molecular complexity index is 413. The molecule has 2 rings (SSSR count). The highest BCUT2D eigenvalue weighted by Gasteiger charge is 2.22. The summed E-state index contributed by atoms with van der Waals surface area (Å²) in [5, 5.41) is 0.